The zero-order chi connectivity index (χ0) is 10.8. The Hall–Kier alpha value is -0.160. The highest BCUT2D eigenvalue weighted by molar-refractivity contribution is 4.62. The molecule has 0 amide bonds. The molecule has 1 aliphatic heterocycles. The van der Waals surface area contributed by atoms with Gasteiger partial charge in [-0.1, -0.05) is 0 Å². The monoisotopic (exact) mass is 216 g/mol. The summed E-state index contributed by atoms with van der Waals surface area (Å²) < 4.78 is 10.5. The number of nitrogens with one attached hydrogen (secondary N) is 1. The summed E-state index contributed by atoms with van der Waals surface area (Å²) >= 11 is 0. The first-order chi connectivity index (χ1) is 7.43. The Balaban J connectivity index is 1.79. The maximum Gasteiger partial charge on any atom is 0.0594 e. The molecule has 0 saturated carbocycles. The van der Waals surface area contributed by atoms with Crippen molar-refractivity contribution in [3.8, 4) is 0 Å². The Morgan fingerprint density at radius 3 is 2.80 bits per heavy atom. The smallest absolute Gasteiger partial charge is 0.0594 e. The first-order valence-electron chi connectivity index (χ1n) is 6.02. The second kappa shape index (κ2) is 9.09. The van der Waals surface area contributed by atoms with Gasteiger partial charge in [0.1, 0.15) is 0 Å². The van der Waals surface area contributed by atoms with Crippen molar-refractivity contribution in [2.45, 2.75) is 13.3 Å². The van der Waals surface area contributed by atoms with Crippen LogP contribution in [0.25, 0.3) is 0 Å². The third-order valence-corrected chi connectivity index (χ3v) is 2.56. The molecule has 1 fully saturated rings. The Labute approximate surface area is 92.9 Å². The lowest BCUT2D eigenvalue weighted by atomic mass is 10.3. The van der Waals surface area contributed by atoms with Crippen molar-refractivity contribution in [3.63, 3.8) is 0 Å². The van der Waals surface area contributed by atoms with E-state index in [0.29, 0.717) is 0 Å². The molecule has 0 atom stereocenters. The van der Waals surface area contributed by atoms with Crippen LogP contribution in [0, 0.1) is 0 Å². The van der Waals surface area contributed by atoms with Crippen LogP contribution in [0.2, 0.25) is 0 Å². The third-order valence-electron chi connectivity index (χ3n) is 2.56. The minimum atomic E-state index is 0.815. The maximum absolute atomic E-state index is 5.30. The highest BCUT2D eigenvalue weighted by atomic mass is 16.5. The van der Waals surface area contributed by atoms with Crippen molar-refractivity contribution in [2.75, 3.05) is 59.2 Å². The van der Waals surface area contributed by atoms with Crippen molar-refractivity contribution >= 4 is 0 Å². The van der Waals surface area contributed by atoms with Gasteiger partial charge in [0.15, 0.2) is 0 Å². The standard InChI is InChI=1S/C11H24N2O2/c1-2-14-9-5-12-4-3-6-13-7-10-15-11-8-13/h12H,2-11H2,1H3. The summed E-state index contributed by atoms with van der Waals surface area (Å²) in [7, 11) is 0. The Bertz CT molecular complexity index is 139. The molecule has 1 rings (SSSR count). The van der Waals surface area contributed by atoms with Crippen molar-refractivity contribution in [2.24, 2.45) is 0 Å². The zero-order valence-electron chi connectivity index (χ0n) is 9.83. The molecule has 0 aromatic rings. The normalized spacial score (nSPS) is 18.2. The number of morpholine rings is 1. The quantitative estimate of drug-likeness (QED) is 0.593. The van der Waals surface area contributed by atoms with Crippen LogP contribution in [-0.2, 0) is 9.47 Å². The van der Waals surface area contributed by atoms with E-state index < -0.39 is 0 Å². The molecular weight excluding hydrogens is 192 g/mol. The van der Waals surface area contributed by atoms with E-state index in [2.05, 4.69) is 10.2 Å². The summed E-state index contributed by atoms with van der Waals surface area (Å²) in [6.07, 6.45) is 1.21. The molecule has 0 spiro atoms. The van der Waals surface area contributed by atoms with E-state index in [4.69, 9.17) is 9.47 Å². The summed E-state index contributed by atoms with van der Waals surface area (Å²) in [5.74, 6) is 0. The lowest BCUT2D eigenvalue weighted by Gasteiger charge is -2.26. The van der Waals surface area contributed by atoms with Crippen molar-refractivity contribution in [1.29, 1.82) is 0 Å². The van der Waals surface area contributed by atoms with Gasteiger partial charge in [0.25, 0.3) is 0 Å². The van der Waals surface area contributed by atoms with E-state index in [1.54, 1.807) is 0 Å². The lowest BCUT2D eigenvalue weighted by Crippen LogP contribution is -2.37. The van der Waals surface area contributed by atoms with Crippen LogP contribution in [-0.4, -0.2) is 64.1 Å². The number of nitrogens with zero attached hydrogens (tertiary/aromatic N) is 1. The Morgan fingerprint density at radius 2 is 2.07 bits per heavy atom. The van der Waals surface area contributed by atoms with Gasteiger partial charge in [-0.05, 0) is 26.4 Å². The van der Waals surface area contributed by atoms with Crippen LogP contribution in [0.15, 0.2) is 0 Å². The molecule has 0 unspecified atom stereocenters. The molecule has 4 nitrogen and oxygen atoms in total. The van der Waals surface area contributed by atoms with E-state index in [1.165, 1.54) is 13.0 Å². The highest BCUT2D eigenvalue weighted by Crippen LogP contribution is 1.96. The van der Waals surface area contributed by atoms with Crippen LogP contribution in [0.3, 0.4) is 0 Å². The van der Waals surface area contributed by atoms with Gasteiger partial charge in [-0.25, -0.2) is 0 Å². The fourth-order valence-corrected chi connectivity index (χ4v) is 1.67. The fourth-order valence-electron chi connectivity index (χ4n) is 1.67. The maximum atomic E-state index is 5.30. The molecule has 0 aliphatic carbocycles. The second-order valence-electron chi connectivity index (χ2n) is 3.75. The third kappa shape index (κ3) is 6.84. The Morgan fingerprint density at radius 1 is 1.27 bits per heavy atom. The first-order valence-corrected chi connectivity index (χ1v) is 6.02. The van der Waals surface area contributed by atoms with E-state index in [-0.39, 0.29) is 0 Å². The topological polar surface area (TPSA) is 33.7 Å². The summed E-state index contributed by atoms with van der Waals surface area (Å²) in [6, 6.07) is 0. The Kier molecular flexibility index (Phi) is 7.83. The number of rotatable bonds is 8. The minimum Gasteiger partial charge on any atom is -0.380 e. The zero-order valence-corrected chi connectivity index (χ0v) is 9.83. The molecular formula is C11H24N2O2. The number of hydrogen-bond donors (Lipinski definition) is 1. The molecule has 0 aromatic carbocycles. The van der Waals surface area contributed by atoms with Crippen LogP contribution < -0.4 is 5.32 Å². The predicted molar refractivity (Wildman–Crippen MR) is 61.2 cm³/mol. The van der Waals surface area contributed by atoms with E-state index in [9.17, 15) is 0 Å². The fraction of sp³-hybridized carbons (Fsp3) is 1.00. The highest BCUT2D eigenvalue weighted by Gasteiger charge is 2.08. The minimum absolute atomic E-state index is 0.815. The SMILES string of the molecule is CCOCCNCCCN1CCOCC1. The van der Waals surface area contributed by atoms with Gasteiger partial charge in [-0.15, -0.1) is 0 Å². The van der Waals surface area contributed by atoms with Gasteiger partial charge in [0.05, 0.1) is 19.8 Å². The molecule has 4 heteroatoms. The van der Waals surface area contributed by atoms with Gasteiger partial charge in [-0.3, -0.25) is 4.90 Å². The molecule has 1 N–H and O–H groups in total. The van der Waals surface area contributed by atoms with Crippen molar-refractivity contribution in [1.82, 2.24) is 10.2 Å². The summed E-state index contributed by atoms with van der Waals surface area (Å²) in [4.78, 5) is 2.47. The largest absolute Gasteiger partial charge is 0.380 e. The summed E-state index contributed by atoms with van der Waals surface area (Å²) in [5, 5.41) is 3.38. The van der Waals surface area contributed by atoms with Crippen molar-refractivity contribution < 1.29 is 9.47 Å². The van der Waals surface area contributed by atoms with Gasteiger partial charge in [0, 0.05) is 26.2 Å². The van der Waals surface area contributed by atoms with E-state index >= 15 is 0 Å². The van der Waals surface area contributed by atoms with Gasteiger partial charge >= 0.3 is 0 Å². The predicted octanol–water partition coefficient (Wildman–Crippen LogP) is 0.335. The average molecular weight is 216 g/mol. The van der Waals surface area contributed by atoms with Crippen molar-refractivity contribution in [3.05, 3.63) is 0 Å². The molecule has 1 aliphatic rings. The summed E-state index contributed by atoms with van der Waals surface area (Å²) in [5.41, 5.74) is 0. The van der Waals surface area contributed by atoms with E-state index in [0.717, 1.165) is 52.6 Å². The number of ether oxygens (including phenoxy) is 2. The molecule has 0 radical (unpaired) electrons. The molecule has 1 saturated heterocycles. The van der Waals surface area contributed by atoms with Crippen LogP contribution >= 0.6 is 0 Å². The van der Waals surface area contributed by atoms with Crippen LogP contribution in [0.4, 0.5) is 0 Å². The summed E-state index contributed by atoms with van der Waals surface area (Å²) in [6.45, 7) is 10.9. The van der Waals surface area contributed by atoms with E-state index in [1.807, 2.05) is 6.92 Å². The average Bonchev–Trinajstić information content (AvgIpc) is 2.29. The molecule has 1 heterocycles. The van der Waals surface area contributed by atoms with Gasteiger partial charge in [0.2, 0.25) is 0 Å². The van der Waals surface area contributed by atoms with Gasteiger partial charge < -0.3 is 14.8 Å². The molecule has 90 valence electrons. The number of hydrogen-bond acceptors (Lipinski definition) is 4. The second-order valence-corrected chi connectivity index (χ2v) is 3.75. The van der Waals surface area contributed by atoms with Crippen LogP contribution in [0.5, 0.6) is 0 Å². The molecule has 0 aromatic heterocycles. The first kappa shape index (κ1) is 12.9. The molecule has 15 heavy (non-hydrogen) atoms. The van der Waals surface area contributed by atoms with Crippen LogP contribution in [0.1, 0.15) is 13.3 Å². The van der Waals surface area contributed by atoms with Gasteiger partial charge in [-0.2, -0.15) is 0 Å². The molecule has 0 bridgehead atoms. The lowest BCUT2D eigenvalue weighted by molar-refractivity contribution is 0.0374.